The van der Waals surface area contributed by atoms with Crippen molar-refractivity contribution in [1.29, 1.82) is 0 Å². The quantitative estimate of drug-likeness (QED) is 0.114. The number of aromatic hydroxyl groups is 1. The third-order valence-electron chi connectivity index (χ3n) is 9.36. The zero-order valence-electron chi connectivity index (χ0n) is 28.0. The Morgan fingerprint density at radius 2 is 0.887 bits per heavy atom. The molecule has 262 valence electrons. The Hall–Kier alpha value is -7.34. The van der Waals surface area contributed by atoms with Gasteiger partial charge in [-0.2, -0.15) is 0 Å². The highest BCUT2D eigenvalue weighted by Gasteiger charge is 2.43. The first-order chi connectivity index (χ1) is 25.7. The zero-order valence-corrected chi connectivity index (χ0v) is 28.0. The zero-order chi connectivity index (χ0) is 37.1. The monoisotopic (exact) mass is 705 g/mol. The molecule has 1 aliphatic rings. The summed E-state index contributed by atoms with van der Waals surface area (Å²) in [6.45, 7) is 0. The van der Waals surface area contributed by atoms with E-state index in [2.05, 4.69) is 9.80 Å². The number of benzene rings is 6. The summed E-state index contributed by atoms with van der Waals surface area (Å²) in [5.74, 6) is 0.00428. The molecule has 0 bridgehead atoms. The number of hydrogen-bond donors (Lipinski definition) is 1. The van der Waals surface area contributed by atoms with Gasteiger partial charge in [-0.3, -0.25) is 30.3 Å². The maximum atomic E-state index is 11.8. The highest BCUT2D eigenvalue weighted by Crippen LogP contribution is 2.53. The van der Waals surface area contributed by atoms with Crippen LogP contribution in [0.2, 0.25) is 0 Å². The van der Waals surface area contributed by atoms with E-state index in [1.165, 1.54) is 36.4 Å². The lowest BCUT2D eigenvalue weighted by atomic mass is 9.88. The van der Waals surface area contributed by atoms with Crippen LogP contribution in [0.3, 0.4) is 0 Å². The van der Waals surface area contributed by atoms with Crippen LogP contribution >= 0.6 is 0 Å². The van der Waals surface area contributed by atoms with Crippen molar-refractivity contribution in [3.05, 3.63) is 216 Å². The van der Waals surface area contributed by atoms with Gasteiger partial charge in [0.15, 0.2) is 0 Å². The summed E-state index contributed by atoms with van der Waals surface area (Å²) < 4.78 is 0. The normalized spacial score (nSPS) is 17.1. The van der Waals surface area contributed by atoms with Gasteiger partial charge in [-0.05, 0) is 71.3 Å². The summed E-state index contributed by atoms with van der Waals surface area (Å²) in [4.78, 5) is 38.2. The van der Waals surface area contributed by atoms with E-state index in [4.69, 9.17) is 0 Å². The molecule has 0 fully saturated rings. The van der Waals surface area contributed by atoms with Crippen molar-refractivity contribution in [2.24, 2.45) is 0 Å². The summed E-state index contributed by atoms with van der Waals surface area (Å²) in [7, 11) is 0. The van der Waals surface area contributed by atoms with Crippen molar-refractivity contribution in [3.63, 3.8) is 0 Å². The molecule has 1 unspecified atom stereocenters. The number of nitro benzene ring substituents is 3. The van der Waals surface area contributed by atoms with E-state index in [-0.39, 0.29) is 22.8 Å². The second-order valence-electron chi connectivity index (χ2n) is 12.4. The first-order valence-electron chi connectivity index (χ1n) is 16.6. The average molecular weight is 706 g/mol. The van der Waals surface area contributed by atoms with Crippen molar-refractivity contribution in [2.45, 2.75) is 18.1 Å². The number of phenols is 1. The molecule has 0 radical (unpaired) electrons. The number of rotatable bonds is 9. The number of anilines is 2. The van der Waals surface area contributed by atoms with Gasteiger partial charge in [-0.25, -0.2) is 0 Å². The average Bonchev–Trinajstić information content (AvgIpc) is 3.34. The molecule has 6 aromatic carbocycles. The first-order valence-corrected chi connectivity index (χ1v) is 16.6. The van der Waals surface area contributed by atoms with Crippen LogP contribution in [-0.4, -0.2) is 19.9 Å². The standard InChI is InChI=1S/C41H31N5O7/c47-39-14-8-7-13-36(39)38-27-37(28-15-21-33(22-16-28)44(48)49)42(31-9-3-1-4-10-31)40(29-17-23-34(24-18-29)45(50)51)41(43(38)32-11-5-2-6-12-32)30-19-25-35(26-20-30)46(52)53/h1-27,37,40-41,47H/t37?,40-,41-/m0/s1. The van der Waals surface area contributed by atoms with Gasteiger partial charge in [-0.1, -0.05) is 72.8 Å². The number of non-ortho nitro benzene ring substituents is 3. The van der Waals surface area contributed by atoms with Gasteiger partial charge in [0.1, 0.15) is 5.75 Å². The van der Waals surface area contributed by atoms with E-state index in [1.54, 1.807) is 54.6 Å². The molecule has 1 N–H and O–H groups in total. The Labute approximate surface area is 303 Å². The molecular formula is C41H31N5O7. The van der Waals surface area contributed by atoms with Gasteiger partial charge < -0.3 is 14.9 Å². The lowest BCUT2D eigenvalue weighted by molar-refractivity contribution is -0.385. The maximum Gasteiger partial charge on any atom is 0.269 e. The molecule has 0 saturated carbocycles. The van der Waals surface area contributed by atoms with Crippen LogP contribution in [0.5, 0.6) is 5.75 Å². The SMILES string of the molecule is O=[N+]([O-])c1ccc(C2C=C(c3ccccc3O)N(c3ccccc3)[C@@H](c3ccc([N+](=O)[O-])cc3)[C@H](c3ccc([N+](=O)[O-])cc3)N2c2ccccc2)cc1. The third-order valence-corrected chi connectivity index (χ3v) is 9.36. The van der Waals surface area contributed by atoms with Gasteiger partial charge in [-0.15, -0.1) is 0 Å². The number of nitro groups is 3. The fourth-order valence-corrected chi connectivity index (χ4v) is 6.96. The summed E-state index contributed by atoms with van der Waals surface area (Å²) in [5, 5.41) is 46.9. The van der Waals surface area contributed by atoms with Gasteiger partial charge in [0, 0.05) is 53.3 Å². The molecule has 0 aliphatic carbocycles. The maximum absolute atomic E-state index is 11.8. The fraction of sp³-hybridized carbons (Fsp3) is 0.0732. The molecular weight excluding hydrogens is 674 g/mol. The van der Waals surface area contributed by atoms with Gasteiger partial charge >= 0.3 is 0 Å². The lowest BCUT2D eigenvalue weighted by Crippen LogP contribution is -2.39. The molecule has 3 atom stereocenters. The minimum absolute atomic E-state index is 0.00428. The molecule has 0 saturated heterocycles. The van der Waals surface area contributed by atoms with Crippen molar-refractivity contribution in [3.8, 4) is 5.75 Å². The van der Waals surface area contributed by atoms with Gasteiger partial charge in [0.2, 0.25) is 0 Å². The molecule has 12 nitrogen and oxygen atoms in total. The smallest absolute Gasteiger partial charge is 0.269 e. The minimum atomic E-state index is -0.700. The van der Waals surface area contributed by atoms with Crippen LogP contribution in [0.4, 0.5) is 28.4 Å². The number of hydrogen-bond acceptors (Lipinski definition) is 9. The largest absolute Gasteiger partial charge is 0.507 e. The molecule has 12 heteroatoms. The molecule has 53 heavy (non-hydrogen) atoms. The Morgan fingerprint density at radius 3 is 1.36 bits per heavy atom. The Morgan fingerprint density at radius 1 is 0.472 bits per heavy atom. The molecule has 7 rings (SSSR count). The minimum Gasteiger partial charge on any atom is -0.507 e. The molecule has 0 amide bonds. The van der Waals surface area contributed by atoms with Crippen LogP contribution in [-0.2, 0) is 0 Å². The van der Waals surface area contributed by atoms with Crippen molar-refractivity contribution >= 4 is 34.1 Å². The summed E-state index contributed by atoms with van der Waals surface area (Å²) in [5.41, 5.74) is 4.34. The van der Waals surface area contributed by atoms with Gasteiger partial charge in [0.05, 0.1) is 38.6 Å². The molecule has 0 spiro atoms. The predicted octanol–water partition coefficient (Wildman–Crippen LogP) is 9.71. The highest BCUT2D eigenvalue weighted by atomic mass is 16.6. The molecule has 1 heterocycles. The van der Waals surface area contributed by atoms with Crippen molar-refractivity contribution in [2.75, 3.05) is 9.80 Å². The summed E-state index contributed by atoms with van der Waals surface area (Å²) in [6.07, 6.45) is 2.00. The third kappa shape index (κ3) is 6.76. The Balaban J connectivity index is 1.62. The van der Waals surface area contributed by atoms with Crippen molar-refractivity contribution < 1.29 is 19.9 Å². The topological polar surface area (TPSA) is 156 Å². The molecule has 1 aliphatic heterocycles. The van der Waals surface area contributed by atoms with E-state index in [9.17, 15) is 35.4 Å². The Bertz CT molecular complexity index is 2300. The lowest BCUT2D eigenvalue weighted by Gasteiger charge is -2.45. The number of nitrogens with zero attached hydrogens (tertiary/aromatic N) is 5. The fourth-order valence-electron chi connectivity index (χ4n) is 6.96. The molecule has 6 aromatic rings. The van der Waals surface area contributed by atoms with E-state index in [1.807, 2.05) is 72.8 Å². The Kier molecular flexibility index (Phi) is 9.33. The van der Waals surface area contributed by atoms with E-state index in [0.29, 0.717) is 28.0 Å². The van der Waals surface area contributed by atoms with Crippen LogP contribution < -0.4 is 9.80 Å². The molecule has 0 aromatic heterocycles. The summed E-state index contributed by atoms with van der Waals surface area (Å²) >= 11 is 0. The number of para-hydroxylation sites is 3. The van der Waals surface area contributed by atoms with Crippen LogP contribution in [0.25, 0.3) is 5.70 Å². The van der Waals surface area contributed by atoms with Gasteiger partial charge in [0.25, 0.3) is 17.1 Å². The predicted molar refractivity (Wildman–Crippen MR) is 201 cm³/mol. The first kappa shape index (κ1) is 34.1. The van der Waals surface area contributed by atoms with E-state index in [0.717, 1.165) is 11.4 Å². The van der Waals surface area contributed by atoms with E-state index >= 15 is 0 Å². The second kappa shape index (κ2) is 14.5. The summed E-state index contributed by atoms with van der Waals surface area (Å²) in [6, 6.07) is 42.9. The van der Waals surface area contributed by atoms with Crippen molar-refractivity contribution in [1.82, 2.24) is 0 Å². The highest BCUT2D eigenvalue weighted by molar-refractivity contribution is 5.85. The van der Waals surface area contributed by atoms with E-state index < -0.39 is 32.9 Å². The van der Waals surface area contributed by atoms with Crippen LogP contribution in [0, 0.1) is 30.3 Å². The second-order valence-corrected chi connectivity index (χ2v) is 12.4. The van der Waals surface area contributed by atoms with Crippen LogP contribution in [0.15, 0.2) is 164 Å². The van der Waals surface area contributed by atoms with Crippen LogP contribution in [0.1, 0.15) is 40.4 Å². The number of phenolic OH excluding ortho intramolecular Hbond substituents is 1.